The molecule has 5 aromatic rings. The van der Waals surface area contributed by atoms with E-state index in [-0.39, 0.29) is 45.5 Å². The molecule has 2 aliphatic rings. The molecule has 2 N–H and O–H groups in total. The Hall–Kier alpha value is -4.24. The second-order valence-corrected chi connectivity index (χ2v) is 12.1. The number of nitrogen functional groups attached to an aromatic ring is 1. The fourth-order valence-corrected chi connectivity index (χ4v) is 6.78. The maximum absolute atomic E-state index is 16.9. The van der Waals surface area contributed by atoms with Crippen LogP contribution in [-0.2, 0) is 10.9 Å². The second kappa shape index (κ2) is 11.5. The summed E-state index contributed by atoms with van der Waals surface area (Å²) in [6.07, 6.45) is 1.81. The zero-order valence-electron chi connectivity index (χ0n) is 25.2. The van der Waals surface area contributed by atoms with Crippen molar-refractivity contribution in [2.75, 3.05) is 36.6 Å². The van der Waals surface area contributed by atoms with Crippen molar-refractivity contribution in [2.45, 2.75) is 56.7 Å². The number of rotatable bonds is 5. The van der Waals surface area contributed by atoms with Crippen molar-refractivity contribution in [1.82, 2.24) is 29.7 Å². The number of nitrogens with two attached hydrogens (primary N) is 1. The van der Waals surface area contributed by atoms with Gasteiger partial charge in [-0.15, -0.1) is 0 Å². The SMILES string of the molecule is CSc1nc2c3c(nc(-c4c(C(F)(F)F)c(C)cc5c4cnn5C4CCCCO4)c(F)c3n1)OCCN2C(C)c1cccnc1N. The number of aryl methyl sites for hydroxylation is 1. The number of nitrogens with zero attached hydrogens (tertiary/aromatic N) is 7. The Morgan fingerprint density at radius 3 is 2.70 bits per heavy atom. The van der Waals surface area contributed by atoms with Crippen LogP contribution >= 0.6 is 11.8 Å². The van der Waals surface area contributed by atoms with Gasteiger partial charge in [0.05, 0.1) is 29.9 Å². The third-order valence-electron chi connectivity index (χ3n) is 8.58. The molecule has 2 unspecified atom stereocenters. The minimum atomic E-state index is -4.83. The molecule has 46 heavy (non-hydrogen) atoms. The lowest BCUT2D eigenvalue weighted by Gasteiger charge is -2.30. The van der Waals surface area contributed by atoms with Crippen LogP contribution in [0.4, 0.5) is 29.2 Å². The van der Waals surface area contributed by atoms with Crippen LogP contribution < -0.4 is 15.4 Å². The van der Waals surface area contributed by atoms with E-state index in [9.17, 15) is 13.2 Å². The van der Waals surface area contributed by atoms with Gasteiger partial charge in [-0.05, 0) is 57.1 Å². The summed E-state index contributed by atoms with van der Waals surface area (Å²) in [6.45, 7) is 4.18. The molecule has 0 spiro atoms. The molecule has 0 radical (unpaired) electrons. The molecule has 4 aromatic heterocycles. The topological polar surface area (TPSA) is 117 Å². The molecule has 0 bridgehead atoms. The summed E-state index contributed by atoms with van der Waals surface area (Å²) in [6, 6.07) is 4.67. The van der Waals surface area contributed by atoms with Crippen LogP contribution in [0.2, 0.25) is 0 Å². The van der Waals surface area contributed by atoms with Crippen molar-refractivity contribution in [3.05, 3.63) is 53.1 Å². The molecule has 240 valence electrons. The normalized spacial score (nSPS) is 17.7. The first-order valence-electron chi connectivity index (χ1n) is 14.8. The number of hydrogen-bond donors (Lipinski definition) is 1. The number of aromatic nitrogens is 6. The Morgan fingerprint density at radius 2 is 1.98 bits per heavy atom. The Bertz CT molecular complexity index is 1980. The number of thioether (sulfide) groups is 1. The van der Waals surface area contributed by atoms with Crippen molar-refractivity contribution in [1.29, 1.82) is 0 Å². The number of fused-ring (bicyclic) bond motifs is 1. The van der Waals surface area contributed by atoms with Gasteiger partial charge in [-0.1, -0.05) is 17.8 Å². The van der Waals surface area contributed by atoms with Gasteiger partial charge < -0.3 is 20.1 Å². The monoisotopic (exact) mass is 654 g/mol. The molecule has 6 heterocycles. The molecular weight excluding hydrogens is 624 g/mol. The van der Waals surface area contributed by atoms with Crippen LogP contribution in [0.25, 0.3) is 33.1 Å². The highest BCUT2D eigenvalue weighted by molar-refractivity contribution is 7.98. The summed E-state index contributed by atoms with van der Waals surface area (Å²) in [5, 5.41) is 4.92. The number of benzene rings is 1. The summed E-state index contributed by atoms with van der Waals surface area (Å²) in [4.78, 5) is 19.7. The molecule has 1 saturated heterocycles. The van der Waals surface area contributed by atoms with Crippen molar-refractivity contribution >= 4 is 45.2 Å². The van der Waals surface area contributed by atoms with Crippen LogP contribution in [0.15, 0.2) is 35.7 Å². The van der Waals surface area contributed by atoms with Crippen LogP contribution in [-0.4, -0.2) is 55.7 Å². The second-order valence-electron chi connectivity index (χ2n) is 11.3. The van der Waals surface area contributed by atoms with Crippen LogP contribution in [0.1, 0.15) is 55.1 Å². The van der Waals surface area contributed by atoms with Gasteiger partial charge in [0.15, 0.2) is 17.2 Å². The zero-order chi connectivity index (χ0) is 32.3. The van der Waals surface area contributed by atoms with E-state index in [0.29, 0.717) is 36.7 Å². The predicted molar refractivity (Wildman–Crippen MR) is 166 cm³/mol. The third kappa shape index (κ3) is 4.96. The molecule has 1 aromatic carbocycles. The summed E-state index contributed by atoms with van der Waals surface area (Å²) < 4.78 is 74.9. The van der Waals surface area contributed by atoms with Crippen molar-refractivity contribution in [3.8, 4) is 17.1 Å². The van der Waals surface area contributed by atoms with Crippen molar-refractivity contribution < 1.29 is 27.0 Å². The van der Waals surface area contributed by atoms with Crippen LogP contribution in [0.3, 0.4) is 0 Å². The summed E-state index contributed by atoms with van der Waals surface area (Å²) in [5.41, 5.74) is 5.07. The largest absolute Gasteiger partial charge is 0.475 e. The van der Waals surface area contributed by atoms with Gasteiger partial charge in [-0.3, -0.25) is 0 Å². The molecule has 1 fully saturated rings. The van der Waals surface area contributed by atoms with Gasteiger partial charge in [0.2, 0.25) is 5.88 Å². The van der Waals surface area contributed by atoms with Crippen molar-refractivity contribution in [2.24, 2.45) is 0 Å². The van der Waals surface area contributed by atoms with Gasteiger partial charge in [-0.25, -0.2) is 29.0 Å². The molecule has 0 aliphatic carbocycles. The van der Waals surface area contributed by atoms with E-state index in [4.69, 9.17) is 20.2 Å². The summed E-state index contributed by atoms with van der Waals surface area (Å²) in [5.74, 6) is -0.412. The average molecular weight is 655 g/mol. The molecule has 15 heteroatoms. The van der Waals surface area contributed by atoms with E-state index in [1.165, 1.54) is 30.9 Å². The molecule has 2 atom stereocenters. The third-order valence-corrected chi connectivity index (χ3v) is 9.12. The van der Waals surface area contributed by atoms with Crippen LogP contribution in [0.5, 0.6) is 5.88 Å². The fraction of sp³-hybridized carbons (Fsp3) is 0.387. The number of hydrogen-bond acceptors (Lipinski definition) is 10. The summed E-state index contributed by atoms with van der Waals surface area (Å²) in [7, 11) is 0. The van der Waals surface area contributed by atoms with E-state index < -0.39 is 35.0 Å². The van der Waals surface area contributed by atoms with E-state index >= 15 is 4.39 Å². The number of alkyl halides is 3. The van der Waals surface area contributed by atoms with Gasteiger partial charge in [0.25, 0.3) is 0 Å². The molecule has 7 rings (SSSR count). The van der Waals surface area contributed by atoms with Crippen LogP contribution in [0, 0.1) is 12.7 Å². The lowest BCUT2D eigenvalue weighted by Crippen LogP contribution is -2.31. The Labute approximate surface area is 265 Å². The van der Waals surface area contributed by atoms with Gasteiger partial charge in [0, 0.05) is 29.3 Å². The van der Waals surface area contributed by atoms with Crippen molar-refractivity contribution in [3.63, 3.8) is 0 Å². The molecule has 0 amide bonds. The number of ether oxygens (including phenoxy) is 2. The van der Waals surface area contributed by atoms with Gasteiger partial charge in [0.1, 0.15) is 34.8 Å². The standard InChI is InChI=1S/C31H30F4N8O2S/c1-15-13-19-18(14-38-43(19)20-8-4-5-11-44-20)21(23(15)31(33,34)35)25-24(32)26-22-28(41-30(40-26)46-3)42(10-12-45-29(22)39-25)16(2)17-7-6-9-37-27(17)36/h6-7,9,13-14,16,20H,4-5,8,10-12H2,1-3H3,(H2,36,37). The van der Waals surface area contributed by atoms with Gasteiger partial charge >= 0.3 is 6.18 Å². The van der Waals surface area contributed by atoms with E-state index in [1.54, 1.807) is 23.2 Å². The minimum Gasteiger partial charge on any atom is -0.475 e. The predicted octanol–water partition coefficient (Wildman–Crippen LogP) is 6.87. The zero-order valence-corrected chi connectivity index (χ0v) is 26.0. The first-order valence-corrected chi connectivity index (χ1v) is 16.1. The first-order chi connectivity index (χ1) is 22.1. The average Bonchev–Trinajstić information content (AvgIpc) is 3.37. The Balaban J connectivity index is 1.50. The lowest BCUT2D eigenvalue weighted by molar-refractivity contribution is -0.137. The molecule has 0 saturated carbocycles. The highest BCUT2D eigenvalue weighted by Crippen LogP contribution is 2.47. The number of anilines is 2. The number of halogens is 4. The quantitative estimate of drug-likeness (QED) is 0.122. The Morgan fingerprint density at radius 1 is 1.15 bits per heavy atom. The van der Waals surface area contributed by atoms with E-state index in [2.05, 4.69) is 20.1 Å². The summed E-state index contributed by atoms with van der Waals surface area (Å²) >= 11 is 1.18. The maximum Gasteiger partial charge on any atom is 0.417 e. The lowest BCUT2D eigenvalue weighted by atomic mass is 9.94. The van der Waals surface area contributed by atoms with Gasteiger partial charge in [-0.2, -0.15) is 18.3 Å². The minimum absolute atomic E-state index is 0.0614. The highest BCUT2D eigenvalue weighted by Gasteiger charge is 2.40. The highest BCUT2D eigenvalue weighted by atomic mass is 32.2. The van der Waals surface area contributed by atoms with E-state index in [0.717, 1.165) is 18.4 Å². The Kier molecular flexibility index (Phi) is 7.62. The fourth-order valence-electron chi connectivity index (χ4n) is 6.42. The smallest absolute Gasteiger partial charge is 0.417 e. The van der Waals surface area contributed by atoms with E-state index in [1.807, 2.05) is 17.9 Å². The molecule has 10 nitrogen and oxygen atoms in total. The molecule has 2 aliphatic heterocycles. The maximum atomic E-state index is 16.9. The first kappa shape index (κ1) is 30.4. The molecular formula is C31H30F4N8O2S. The number of pyridine rings is 2.